The molecule has 5 heteroatoms. The van der Waals surface area contributed by atoms with Gasteiger partial charge in [-0.05, 0) is 24.0 Å². The SMILES string of the molecule is CC(C)c1cccc2c1NC(=O)C(CCC(=O)O)S2. The summed E-state index contributed by atoms with van der Waals surface area (Å²) >= 11 is 1.46. The lowest BCUT2D eigenvalue weighted by Gasteiger charge is -2.26. The van der Waals surface area contributed by atoms with Gasteiger partial charge in [-0.2, -0.15) is 0 Å². The van der Waals surface area contributed by atoms with Gasteiger partial charge in [0.1, 0.15) is 0 Å². The fourth-order valence-corrected chi connectivity index (χ4v) is 3.27. The van der Waals surface area contributed by atoms with Crippen molar-refractivity contribution in [2.75, 3.05) is 5.32 Å². The summed E-state index contributed by atoms with van der Waals surface area (Å²) in [5, 5.41) is 11.3. The number of hydrogen-bond donors (Lipinski definition) is 2. The fourth-order valence-electron chi connectivity index (χ4n) is 2.12. The Morgan fingerprint density at radius 3 is 2.84 bits per heavy atom. The average Bonchev–Trinajstić information content (AvgIpc) is 2.35. The minimum Gasteiger partial charge on any atom is -0.481 e. The molecule has 0 spiro atoms. The predicted molar refractivity (Wildman–Crippen MR) is 75.7 cm³/mol. The molecule has 1 aromatic rings. The summed E-state index contributed by atoms with van der Waals surface area (Å²) in [6, 6.07) is 5.97. The zero-order valence-corrected chi connectivity index (χ0v) is 11.8. The van der Waals surface area contributed by atoms with Crippen LogP contribution in [0.4, 0.5) is 5.69 Å². The number of aliphatic carboxylic acids is 1. The Hall–Kier alpha value is -1.49. The van der Waals surface area contributed by atoms with E-state index in [0.29, 0.717) is 12.3 Å². The molecular weight excluding hydrogens is 262 g/mol. The maximum Gasteiger partial charge on any atom is 0.303 e. The van der Waals surface area contributed by atoms with Gasteiger partial charge >= 0.3 is 5.97 Å². The molecule has 2 N–H and O–H groups in total. The second kappa shape index (κ2) is 5.65. The number of anilines is 1. The molecule has 1 unspecified atom stereocenters. The largest absolute Gasteiger partial charge is 0.481 e. The lowest BCUT2D eigenvalue weighted by atomic mass is 10.0. The number of carboxylic acids is 1. The molecule has 0 bridgehead atoms. The van der Waals surface area contributed by atoms with E-state index >= 15 is 0 Å². The van der Waals surface area contributed by atoms with Crippen molar-refractivity contribution in [1.82, 2.24) is 0 Å². The van der Waals surface area contributed by atoms with Gasteiger partial charge in [-0.15, -0.1) is 11.8 Å². The van der Waals surface area contributed by atoms with Crippen molar-refractivity contribution in [3.05, 3.63) is 23.8 Å². The van der Waals surface area contributed by atoms with Crippen molar-refractivity contribution in [2.24, 2.45) is 0 Å². The molecule has 102 valence electrons. The Labute approximate surface area is 116 Å². The Morgan fingerprint density at radius 2 is 2.21 bits per heavy atom. The van der Waals surface area contributed by atoms with Crippen molar-refractivity contribution in [1.29, 1.82) is 0 Å². The number of thioether (sulfide) groups is 1. The van der Waals surface area contributed by atoms with Crippen molar-refractivity contribution in [2.45, 2.75) is 42.8 Å². The van der Waals surface area contributed by atoms with Crippen molar-refractivity contribution in [3.63, 3.8) is 0 Å². The van der Waals surface area contributed by atoms with Gasteiger partial charge in [-0.25, -0.2) is 0 Å². The van der Waals surface area contributed by atoms with E-state index in [1.807, 2.05) is 18.2 Å². The van der Waals surface area contributed by atoms with Crippen LogP contribution in [0.1, 0.15) is 38.2 Å². The van der Waals surface area contributed by atoms with Gasteiger partial charge in [0, 0.05) is 11.3 Å². The molecule has 1 atom stereocenters. The molecule has 1 heterocycles. The Bertz CT molecular complexity index is 513. The second-order valence-electron chi connectivity index (χ2n) is 4.90. The van der Waals surface area contributed by atoms with Crippen LogP contribution in [0.3, 0.4) is 0 Å². The van der Waals surface area contributed by atoms with Gasteiger partial charge in [0.05, 0.1) is 10.9 Å². The van der Waals surface area contributed by atoms with Crippen molar-refractivity contribution >= 4 is 29.3 Å². The highest BCUT2D eigenvalue weighted by molar-refractivity contribution is 8.01. The third kappa shape index (κ3) is 3.10. The number of carboxylic acid groups (broad SMARTS) is 1. The van der Waals surface area contributed by atoms with Gasteiger partial charge in [0.2, 0.25) is 5.91 Å². The first-order valence-corrected chi connectivity index (χ1v) is 7.19. The minimum absolute atomic E-state index is 0.0181. The Kier molecular flexibility index (Phi) is 4.14. The number of fused-ring (bicyclic) bond motifs is 1. The van der Waals surface area contributed by atoms with E-state index < -0.39 is 5.97 Å². The van der Waals surface area contributed by atoms with Crippen LogP contribution >= 0.6 is 11.8 Å². The number of hydrogen-bond acceptors (Lipinski definition) is 3. The summed E-state index contributed by atoms with van der Waals surface area (Å²) in [7, 11) is 0. The lowest BCUT2D eigenvalue weighted by Crippen LogP contribution is -2.30. The van der Waals surface area contributed by atoms with Crippen LogP contribution in [0.15, 0.2) is 23.1 Å². The first kappa shape index (κ1) is 13.9. The first-order chi connectivity index (χ1) is 8.99. The van der Waals surface area contributed by atoms with E-state index in [1.165, 1.54) is 11.8 Å². The highest BCUT2D eigenvalue weighted by Crippen LogP contribution is 2.41. The average molecular weight is 279 g/mol. The number of amides is 1. The Balaban J connectivity index is 2.22. The minimum atomic E-state index is -0.866. The van der Waals surface area contributed by atoms with Crippen LogP contribution in [0.5, 0.6) is 0 Å². The van der Waals surface area contributed by atoms with Crippen molar-refractivity contribution in [3.8, 4) is 0 Å². The topological polar surface area (TPSA) is 66.4 Å². The molecular formula is C14H17NO3S. The Morgan fingerprint density at radius 1 is 1.47 bits per heavy atom. The summed E-state index contributed by atoms with van der Waals surface area (Å²) in [6.07, 6.45) is 0.376. The van der Waals surface area contributed by atoms with E-state index in [9.17, 15) is 9.59 Å². The lowest BCUT2D eigenvalue weighted by molar-refractivity contribution is -0.137. The first-order valence-electron chi connectivity index (χ1n) is 6.31. The second-order valence-corrected chi connectivity index (χ2v) is 6.15. The normalized spacial score (nSPS) is 18.1. The zero-order chi connectivity index (χ0) is 14.0. The molecule has 0 saturated heterocycles. The highest BCUT2D eigenvalue weighted by atomic mass is 32.2. The summed E-state index contributed by atoms with van der Waals surface area (Å²) in [4.78, 5) is 23.6. The molecule has 1 amide bonds. The third-order valence-electron chi connectivity index (χ3n) is 3.11. The highest BCUT2D eigenvalue weighted by Gasteiger charge is 2.28. The van der Waals surface area contributed by atoms with E-state index in [4.69, 9.17) is 5.11 Å². The summed E-state index contributed by atoms with van der Waals surface area (Å²) < 4.78 is 0. The van der Waals surface area contributed by atoms with Crippen LogP contribution in [0, 0.1) is 0 Å². The molecule has 4 nitrogen and oxygen atoms in total. The number of benzene rings is 1. The number of carbonyl (C=O) groups is 2. The summed E-state index contributed by atoms with van der Waals surface area (Å²) in [6.45, 7) is 4.17. The zero-order valence-electron chi connectivity index (χ0n) is 11.0. The van der Waals surface area contributed by atoms with Gasteiger partial charge in [-0.1, -0.05) is 26.0 Å². The molecule has 0 aromatic heterocycles. The number of carbonyl (C=O) groups excluding carboxylic acids is 1. The van der Waals surface area contributed by atoms with E-state index in [0.717, 1.165) is 16.1 Å². The van der Waals surface area contributed by atoms with Crippen LogP contribution in [-0.2, 0) is 9.59 Å². The maximum atomic E-state index is 12.0. The number of rotatable bonds is 4. The smallest absolute Gasteiger partial charge is 0.303 e. The molecule has 0 radical (unpaired) electrons. The fraction of sp³-hybridized carbons (Fsp3) is 0.429. The van der Waals surface area contributed by atoms with E-state index in [-0.39, 0.29) is 17.6 Å². The molecule has 0 saturated carbocycles. The van der Waals surface area contributed by atoms with Crippen LogP contribution in [-0.4, -0.2) is 22.2 Å². The van der Waals surface area contributed by atoms with Gasteiger partial charge in [-0.3, -0.25) is 9.59 Å². The monoisotopic (exact) mass is 279 g/mol. The predicted octanol–water partition coefficient (Wildman–Crippen LogP) is 3.09. The van der Waals surface area contributed by atoms with Crippen LogP contribution in [0.2, 0.25) is 0 Å². The quantitative estimate of drug-likeness (QED) is 0.888. The number of para-hydroxylation sites is 1. The molecule has 19 heavy (non-hydrogen) atoms. The molecule has 0 aliphatic carbocycles. The van der Waals surface area contributed by atoms with Crippen LogP contribution in [0.25, 0.3) is 0 Å². The standard InChI is InChI=1S/C14H17NO3S/c1-8(2)9-4-3-5-10-13(9)15-14(18)11(19-10)6-7-12(16)17/h3-5,8,11H,6-7H2,1-2H3,(H,15,18)(H,16,17). The van der Waals surface area contributed by atoms with Crippen molar-refractivity contribution < 1.29 is 14.7 Å². The molecule has 1 aromatic carbocycles. The molecule has 0 fully saturated rings. The van der Waals surface area contributed by atoms with Gasteiger partial charge in [0.25, 0.3) is 0 Å². The summed E-state index contributed by atoms with van der Waals surface area (Å²) in [5.41, 5.74) is 2.01. The van der Waals surface area contributed by atoms with Gasteiger partial charge < -0.3 is 10.4 Å². The molecule has 1 aliphatic rings. The maximum absolute atomic E-state index is 12.0. The third-order valence-corrected chi connectivity index (χ3v) is 4.44. The molecule has 2 rings (SSSR count). The molecule has 1 aliphatic heterocycles. The van der Waals surface area contributed by atoms with Crippen LogP contribution < -0.4 is 5.32 Å². The summed E-state index contributed by atoms with van der Waals surface area (Å²) in [5.74, 6) is -0.617. The van der Waals surface area contributed by atoms with E-state index in [2.05, 4.69) is 19.2 Å². The number of nitrogens with one attached hydrogen (secondary N) is 1. The van der Waals surface area contributed by atoms with E-state index in [1.54, 1.807) is 0 Å². The van der Waals surface area contributed by atoms with Gasteiger partial charge in [0.15, 0.2) is 0 Å².